The zero-order valence-corrected chi connectivity index (χ0v) is 22.1. The number of carbonyl (C=O) groups is 2. The Morgan fingerprint density at radius 3 is 2.58 bits per heavy atom. The average Bonchev–Trinajstić information content (AvgIpc) is 2.83. The van der Waals surface area contributed by atoms with Gasteiger partial charge in [0, 0.05) is 52.8 Å². The summed E-state index contributed by atoms with van der Waals surface area (Å²) in [5, 5.41) is 12.3. The standard InChI is InChI=1S/C27H26BrF4N3O3/c1-15-23(26(38)33-13-16(6-9-22(36)37)24-19(29)4-2-5-20(24)30)18-12-17(28)7-8-21(18)34-25(15)35-11-3-10-27(31,32)14-35/h2,4-5,7-8,12,16H,3,6,9-11,13-14H2,1H3,(H,33,38)(H,36,37). The molecule has 1 aromatic heterocycles. The predicted molar refractivity (Wildman–Crippen MR) is 139 cm³/mol. The highest BCUT2D eigenvalue weighted by molar-refractivity contribution is 9.10. The molecule has 0 spiro atoms. The van der Waals surface area contributed by atoms with E-state index in [-0.39, 0.29) is 49.2 Å². The third-order valence-electron chi connectivity index (χ3n) is 6.71. The van der Waals surface area contributed by atoms with E-state index in [1.54, 1.807) is 25.1 Å². The molecular formula is C27H26BrF4N3O3. The number of aromatic nitrogens is 1. The van der Waals surface area contributed by atoms with E-state index in [1.165, 1.54) is 11.0 Å². The van der Waals surface area contributed by atoms with E-state index in [0.29, 0.717) is 27.5 Å². The van der Waals surface area contributed by atoms with E-state index >= 15 is 0 Å². The molecule has 6 nitrogen and oxygen atoms in total. The molecular weight excluding hydrogens is 570 g/mol. The molecule has 0 radical (unpaired) electrons. The van der Waals surface area contributed by atoms with Crippen molar-refractivity contribution in [3.63, 3.8) is 0 Å². The van der Waals surface area contributed by atoms with Crippen molar-refractivity contribution in [1.29, 1.82) is 0 Å². The molecule has 2 N–H and O–H groups in total. The van der Waals surface area contributed by atoms with Gasteiger partial charge in [-0.05, 0) is 50.1 Å². The predicted octanol–water partition coefficient (Wildman–Crippen LogP) is 6.20. The molecule has 1 amide bonds. The van der Waals surface area contributed by atoms with Crippen LogP contribution in [0.1, 0.15) is 53.1 Å². The zero-order chi connectivity index (χ0) is 27.6. The third kappa shape index (κ3) is 6.09. The van der Waals surface area contributed by atoms with Gasteiger partial charge in [0.25, 0.3) is 11.8 Å². The van der Waals surface area contributed by atoms with Crippen molar-refractivity contribution in [2.24, 2.45) is 0 Å². The van der Waals surface area contributed by atoms with Crippen molar-refractivity contribution < 1.29 is 32.3 Å². The minimum absolute atomic E-state index is 0.108. The highest BCUT2D eigenvalue weighted by atomic mass is 79.9. The Balaban J connectivity index is 1.71. The first kappa shape index (κ1) is 27.8. The monoisotopic (exact) mass is 595 g/mol. The summed E-state index contributed by atoms with van der Waals surface area (Å²) in [7, 11) is 0. The topological polar surface area (TPSA) is 82.5 Å². The van der Waals surface area contributed by atoms with Gasteiger partial charge in [-0.25, -0.2) is 22.5 Å². The molecule has 4 rings (SSSR count). The Labute approximate surface area is 225 Å². The summed E-state index contributed by atoms with van der Waals surface area (Å²) in [5.41, 5.74) is 0.718. The first-order valence-electron chi connectivity index (χ1n) is 12.1. The molecule has 1 unspecified atom stereocenters. The number of halogens is 5. The fourth-order valence-electron chi connectivity index (χ4n) is 4.92. The van der Waals surface area contributed by atoms with E-state index < -0.39 is 41.9 Å². The van der Waals surface area contributed by atoms with Crippen LogP contribution in [0, 0.1) is 18.6 Å². The van der Waals surface area contributed by atoms with Crippen LogP contribution in [0.3, 0.4) is 0 Å². The number of piperidine rings is 1. The maximum Gasteiger partial charge on any atom is 0.303 e. The summed E-state index contributed by atoms with van der Waals surface area (Å²) in [6.07, 6.45) is -0.413. The lowest BCUT2D eigenvalue weighted by molar-refractivity contribution is -0.137. The fourth-order valence-corrected chi connectivity index (χ4v) is 5.28. The van der Waals surface area contributed by atoms with Crippen molar-refractivity contribution in [3.8, 4) is 0 Å². The molecule has 0 saturated carbocycles. The number of carboxylic acids is 1. The van der Waals surface area contributed by atoms with Crippen LogP contribution in [0.4, 0.5) is 23.4 Å². The number of amides is 1. The molecule has 0 aliphatic carbocycles. The summed E-state index contributed by atoms with van der Waals surface area (Å²) >= 11 is 3.39. The second-order valence-electron chi connectivity index (χ2n) is 9.45. The number of nitrogens with zero attached hydrogens (tertiary/aromatic N) is 2. The van der Waals surface area contributed by atoms with Crippen LogP contribution in [0.15, 0.2) is 40.9 Å². The van der Waals surface area contributed by atoms with Crippen molar-refractivity contribution in [2.45, 2.75) is 44.4 Å². The molecule has 3 aromatic rings. The van der Waals surface area contributed by atoms with Crippen LogP contribution >= 0.6 is 15.9 Å². The first-order chi connectivity index (χ1) is 18.0. The van der Waals surface area contributed by atoms with Gasteiger partial charge in [0.05, 0.1) is 17.6 Å². The molecule has 2 aromatic carbocycles. The number of rotatable bonds is 8. The van der Waals surface area contributed by atoms with Gasteiger partial charge < -0.3 is 15.3 Å². The van der Waals surface area contributed by atoms with E-state index in [1.807, 2.05) is 0 Å². The SMILES string of the molecule is Cc1c(N2CCCC(F)(F)C2)nc2ccc(Br)cc2c1C(=O)NCC(CCC(=O)O)c1c(F)cccc1F. The summed E-state index contributed by atoms with van der Waals surface area (Å²) in [6.45, 7) is 1.23. The van der Waals surface area contributed by atoms with Crippen LogP contribution in [-0.2, 0) is 4.79 Å². The molecule has 1 aliphatic rings. The van der Waals surface area contributed by atoms with Gasteiger partial charge in [-0.3, -0.25) is 9.59 Å². The molecule has 202 valence electrons. The number of benzene rings is 2. The lowest BCUT2D eigenvalue weighted by Crippen LogP contribution is -2.43. The summed E-state index contributed by atoms with van der Waals surface area (Å²) in [4.78, 5) is 30.8. The molecule has 38 heavy (non-hydrogen) atoms. The number of carboxylic acid groups (broad SMARTS) is 1. The van der Waals surface area contributed by atoms with Gasteiger partial charge in [-0.2, -0.15) is 0 Å². The number of alkyl halides is 2. The van der Waals surface area contributed by atoms with Crippen molar-refractivity contribution in [2.75, 3.05) is 24.5 Å². The number of fused-ring (bicyclic) bond motifs is 1. The largest absolute Gasteiger partial charge is 0.481 e. The summed E-state index contributed by atoms with van der Waals surface area (Å²) in [6, 6.07) is 8.45. The average molecular weight is 596 g/mol. The smallest absolute Gasteiger partial charge is 0.303 e. The maximum atomic E-state index is 14.5. The van der Waals surface area contributed by atoms with Crippen molar-refractivity contribution in [1.82, 2.24) is 10.3 Å². The number of pyridine rings is 1. The van der Waals surface area contributed by atoms with Gasteiger partial charge in [-0.15, -0.1) is 0 Å². The second kappa shape index (κ2) is 11.3. The van der Waals surface area contributed by atoms with Crippen LogP contribution in [0.2, 0.25) is 0 Å². The quantitative estimate of drug-likeness (QED) is 0.303. The Hall–Kier alpha value is -3.21. The van der Waals surface area contributed by atoms with E-state index in [4.69, 9.17) is 5.11 Å². The minimum atomic E-state index is -2.88. The Bertz CT molecular complexity index is 1370. The van der Waals surface area contributed by atoms with Crippen LogP contribution in [-0.4, -0.2) is 47.5 Å². The lowest BCUT2D eigenvalue weighted by Gasteiger charge is -2.34. The van der Waals surface area contributed by atoms with Gasteiger partial charge in [0.15, 0.2) is 0 Å². The molecule has 1 aliphatic heterocycles. The van der Waals surface area contributed by atoms with Crippen LogP contribution < -0.4 is 10.2 Å². The second-order valence-corrected chi connectivity index (χ2v) is 10.4. The first-order valence-corrected chi connectivity index (χ1v) is 12.9. The van der Waals surface area contributed by atoms with Gasteiger partial charge >= 0.3 is 5.97 Å². The molecule has 11 heteroatoms. The Morgan fingerprint density at radius 1 is 1.21 bits per heavy atom. The number of hydrogen-bond acceptors (Lipinski definition) is 4. The fraction of sp³-hybridized carbons (Fsp3) is 0.370. The van der Waals surface area contributed by atoms with Crippen molar-refractivity contribution >= 4 is 44.5 Å². The minimum Gasteiger partial charge on any atom is -0.481 e. The maximum absolute atomic E-state index is 14.5. The van der Waals surface area contributed by atoms with Gasteiger partial charge in [0.1, 0.15) is 17.5 Å². The summed E-state index contributed by atoms with van der Waals surface area (Å²) < 4.78 is 58.1. The van der Waals surface area contributed by atoms with Gasteiger partial charge in [0.2, 0.25) is 0 Å². The normalized spacial score (nSPS) is 15.9. The number of aliphatic carboxylic acids is 1. The highest BCUT2D eigenvalue weighted by Gasteiger charge is 2.37. The van der Waals surface area contributed by atoms with Gasteiger partial charge in [-0.1, -0.05) is 22.0 Å². The van der Waals surface area contributed by atoms with E-state index in [9.17, 15) is 27.2 Å². The highest BCUT2D eigenvalue weighted by Crippen LogP contribution is 2.35. The number of nitrogens with one attached hydrogen (secondary N) is 1. The molecule has 1 atom stereocenters. The Kier molecular flexibility index (Phi) is 8.25. The molecule has 2 heterocycles. The molecule has 1 saturated heterocycles. The zero-order valence-electron chi connectivity index (χ0n) is 20.5. The van der Waals surface area contributed by atoms with Crippen LogP contribution in [0.5, 0.6) is 0 Å². The molecule has 0 bridgehead atoms. The number of anilines is 1. The van der Waals surface area contributed by atoms with E-state index in [0.717, 1.165) is 12.1 Å². The Morgan fingerprint density at radius 2 is 1.92 bits per heavy atom. The van der Waals surface area contributed by atoms with Crippen molar-refractivity contribution in [3.05, 3.63) is 69.2 Å². The lowest BCUT2D eigenvalue weighted by atomic mass is 9.92. The summed E-state index contributed by atoms with van der Waals surface area (Å²) in [5.74, 6) is -6.96. The van der Waals surface area contributed by atoms with E-state index in [2.05, 4.69) is 26.2 Å². The third-order valence-corrected chi connectivity index (χ3v) is 7.20. The number of carbonyl (C=O) groups excluding carboxylic acids is 1. The molecule has 1 fully saturated rings. The number of hydrogen-bond donors (Lipinski definition) is 2. The van der Waals surface area contributed by atoms with Crippen LogP contribution in [0.25, 0.3) is 10.9 Å².